The topological polar surface area (TPSA) is 44.3 Å². The van der Waals surface area contributed by atoms with E-state index in [1.54, 1.807) is 12.1 Å². The molecule has 0 spiro atoms. The minimum absolute atomic E-state index is 0.209. The number of nitrogens with one attached hydrogen (secondary N) is 2. The van der Waals surface area contributed by atoms with Crippen LogP contribution in [0.25, 0.3) is 0 Å². The Morgan fingerprint density at radius 1 is 1.31 bits per heavy atom. The lowest BCUT2D eigenvalue weighted by Gasteiger charge is -2.14. The third-order valence-corrected chi connectivity index (χ3v) is 2.95. The quantitative estimate of drug-likeness (QED) is 0.697. The van der Waals surface area contributed by atoms with Crippen LogP contribution < -0.4 is 10.6 Å². The molecule has 16 heavy (non-hydrogen) atoms. The molecular weight excluding hydrogens is 207 g/mol. The molecular formula is C12H17FN2O. The standard InChI is InChI=1S/C12H17FN2O/c13-11-3-1-9(2-4-11)5-14-6-10-7-15-8-12(10)16/h1-4,10,12,14-16H,5-8H2. The van der Waals surface area contributed by atoms with Crippen LogP contribution in [0.2, 0.25) is 0 Å². The summed E-state index contributed by atoms with van der Waals surface area (Å²) in [6.45, 7) is 3.04. The fourth-order valence-corrected chi connectivity index (χ4v) is 1.93. The summed E-state index contributed by atoms with van der Waals surface area (Å²) in [6, 6.07) is 6.46. The van der Waals surface area contributed by atoms with Crippen LogP contribution >= 0.6 is 0 Å². The number of aliphatic hydroxyl groups excluding tert-OH is 1. The molecule has 0 aliphatic carbocycles. The second-order valence-corrected chi connectivity index (χ2v) is 4.24. The molecule has 88 valence electrons. The molecule has 3 nitrogen and oxygen atoms in total. The number of halogens is 1. The van der Waals surface area contributed by atoms with E-state index in [1.165, 1.54) is 12.1 Å². The summed E-state index contributed by atoms with van der Waals surface area (Å²) in [5, 5.41) is 16.0. The number of β-amino-alcohol motifs (C(OH)–C–C–N with tert-alkyl or cyclic N) is 1. The highest BCUT2D eigenvalue weighted by molar-refractivity contribution is 5.15. The molecule has 2 atom stereocenters. The Morgan fingerprint density at radius 3 is 2.69 bits per heavy atom. The Bertz CT molecular complexity index is 328. The fourth-order valence-electron chi connectivity index (χ4n) is 1.93. The number of hydrogen-bond donors (Lipinski definition) is 3. The number of hydrogen-bond acceptors (Lipinski definition) is 3. The zero-order valence-electron chi connectivity index (χ0n) is 9.12. The molecule has 1 aromatic rings. The summed E-state index contributed by atoms with van der Waals surface area (Å²) in [4.78, 5) is 0. The van der Waals surface area contributed by atoms with Crippen LogP contribution in [0.5, 0.6) is 0 Å². The van der Waals surface area contributed by atoms with Crippen molar-refractivity contribution in [2.45, 2.75) is 12.6 Å². The van der Waals surface area contributed by atoms with Gasteiger partial charge in [-0.05, 0) is 17.7 Å². The van der Waals surface area contributed by atoms with Gasteiger partial charge in [-0.15, -0.1) is 0 Å². The molecule has 1 fully saturated rings. The molecule has 3 N–H and O–H groups in total. The SMILES string of the molecule is OC1CNCC1CNCc1ccc(F)cc1. The smallest absolute Gasteiger partial charge is 0.123 e. The van der Waals surface area contributed by atoms with E-state index in [1.807, 2.05) is 0 Å². The van der Waals surface area contributed by atoms with Crippen LogP contribution in [0, 0.1) is 11.7 Å². The van der Waals surface area contributed by atoms with Gasteiger partial charge in [0.2, 0.25) is 0 Å². The Balaban J connectivity index is 1.73. The van der Waals surface area contributed by atoms with Crippen LogP contribution in [0.4, 0.5) is 4.39 Å². The Morgan fingerprint density at radius 2 is 2.06 bits per heavy atom. The van der Waals surface area contributed by atoms with E-state index >= 15 is 0 Å². The first-order valence-electron chi connectivity index (χ1n) is 5.59. The predicted molar refractivity (Wildman–Crippen MR) is 60.5 cm³/mol. The molecule has 0 bridgehead atoms. The van der Waals surface area contributed by atoms with E-state index in [0.29, 0.717) is 13.1 Å². The van der Waals surface area contributed by atoms with Gasteiger partial charge < -0.3 is 15.7 Å². The van der Waals surface area contributed by atoms with E-state index in [9.17, 15) is 9.50 Å². The molecule has 2 rings (SSSR count). The Labute approximate surface area is 94.7 Å². The molecule has 1 heterocycles. The van der Waals surface area contributed by atoms with Gasteiger partial charge in [0.05, 0.1) is 6.10 Å². The van der Waals surface area contributed by atoms with Crippen molar-refractivity contribution >= 4 is 0 Å². The molecule has 4 heteroatoms. The highest BCUT2D eigenvalue weighted by Crippen LogP contribution is 2.08. The average Bonchev–Trinajstić information content (AvgIpc) is 2.68. The van der Waals surface area contributed by atoms with Crippen molar-refractivity contribution in [1.82, 2.24) is 10.6 Å². The lowest BCUT2D eigenvalue weighted by atomic mass is 10.1. The number of rotatable bonds is 4. The summed E-state index contributed by atoms with van der Waals surface area (Å²) in [6.07, 6.45) is -0.249. The zero-order valence-corrected chi connectivity index (χ0v) is 9.12. The Hall–Kier alpha value is -0.970. The van der Waals surface area contributed by atoms with Gasteiger partial charge in [-0.1, -0.05) is 12.1 Å². The highest BCUT2D eigenvalue weighted by Gasteiger charge is 2.23. The van der Waals surface area contributed by atoms with Gasteiger partial charge in [0.1, 0.15) is 5.82 Å². The van der Waals surface area contributed by atoms with Crippen molar-refractivity contribution in [2.75, 3.05) is 19.6 Å². The minimum Gasteiger partial charge on any atom is -0.391 e. The lowest BCUT2D eigenvalue weighted by molar-refractivity contribution is 0.146. The second-order valence-electron chi connectivity index (χ2n) is 4.24. The van der Waals surface area contributed by atoms with Crippen molar-refractivity contribution in [2.24, 2.45) is 5.92 Å². The van der Waals surface area contributed by atoms with Gasteiger partial charge in [0.25, 0.3) is 0 Å². The normalized spacial score (nSPS) is 24.9. The van der Waals surface area contributed by atoms with E-state index in [2.05, 4.69) is 10.6 Å². The van der Waals surface area contributed by atoms with Crippen LogP contribution in [0.1, 0.15) is 5.56 Å². The summed E-state index contributed by atoms with van der Waals surface area (Å²) < 4.78 is 12.6. The monoisotopic (exact) mass is 224 g/mol. The molecule has 0 saturated carbocycles. The minimum atomic E-state index is -0.249. The summed E-state index contributed by atoms with van der Waals surface area (Å²) in [5.74, 6) is 0.0691. The van der Waals surface area contributed by atoms with Gasteiger partial charge >= 0.3 is 0 Å². The van der Waals surface area contributed by atoms with Crippen molar-refractivity contribution < 1.29 is 9.50 Å². The van der Waals surface area contributed by atoms with Gasteiger partial charge in [0.15, 0.2) is 0 Å². The van der Waals surface area contributed by atoms with Crippen LogP contribution in [-0.2, 0) is 6.54 Å². The lowest BCUT2D eigenvalue weighted by Crippen LogP contribution is -2.30. The van der Waals surface area contributed by atoms with Gasteiger partial charge in [-0.3, -0.25) is 0 Å². The molecule has 1 aliphatic heterocycles. The molecule has 0 aromatic heterocycles. The fraction of sp³-hybridized carbons (Fsp3) is 0.500. The van der Waals surface area contributed by atoms with Gasteiger partial charge in [0, 0.05) is 32.1 Å². The Kier molecular flexibility index (Phi) is 3.88. The third kappa shape index (κ3) is 3.01. The molecule has 1 aromatic carbocycles. The van der Waals surface area contributed by atoms with Crippen molar-refractivity contribution in [3.8, 4) is 0 Å². The first-order valence-corrected chi connectivity index (χ1v) is 5.59. The maximum atomic E-state index is 12.6. The van der Waals surface area contributed by atoms with E-state index in [4.69, 9.17) is 0 Å². The van der Waals surface area contributed by atoms with Gasteiger partial charge in [-0.2, -0.15) is 0 Å². The third-order valence-electron chi connectivity index (χ3n) is 2.95. The number of benzene rings is 1. The van der Waals surface area contributed by atoms with E-state index in [-0.39, 0.29) is 17.8 Å². The molecule has 2 unspecified atom stereocenters. The summed E-state index contributed by atoms with van der Waals surface area (Å²) in [5.41, 5.74) is 1.06. The maximum Gasteiger partial charge on any atom is 0.123 e. The second kappa shape index (κ2) is 5.39. The predicted octanol–water partition coefficient (Wildman–Crippen LogP) is 0.496. The summed E-state index contributed by atoms with van der Waals surface area (Å²) in [7, 11) is 0. The zero-order chi connectivity index (χ0) is 11.4. The molecule has 1 aliphatic rings. The largest absolute Gasteiger partial charge is 0.391 e. The van der Waals surface area contributed by atoms with Crippen molar-refractivity contribution in [3.05, 3.63) is 35.6 Å². The van der Waals surface area contributed by atoms with E-state index in [0.717, 1.165) is 18.7 Å². The maximum absolute atomic E-state index is 12.6. The first kappa shape index (κ1) is 11.5. The summed E-state index contributed by atoms with van der Waals surface area (Å²) >= 11 is 0. The van der Waals surface area contributed by atoms with Crippen molar-refractivity contribution in [1.29, 1.82) is 0 Å². The highest BCUT2D eigenvalue weighted by atomic mass is 19.1. The first-order chi connectivity index (χ1) is 7.75. The molecule has 0 amide bonds. The van der Waals surface area contributed by atoms with Crippen LogP contribution in [0.3, 0.4) is 0 Å². The van der Waals surface area contributed by atoms with Crippen LogP contribution in [0.15, 0.2) is 24.3 Å². The molecule has 0 radical (unpaired) electrons. The van der Waals surface area contributed by atoms with Crippen LogP contribution in [-0.4, -0.2) is 30.8 Å². The van der Waals surface area contributed by atoms with Crippen molar-refractivity contribution in [3.63, 3.8) is 0 Å². The average molecular weight is 224 g/mol. The van der Waals surface area contributed by atoms with Gasteiger partial charge in [-0.25, -0.2) is 4.39 Å². The van der Waals surface area contributed by atoms with E-state index < -0.39 is 0 Å². The molecule has 1 saturated heterocycles. The number of aliphatic hydroxyl groups is 1.